The number of halogens is 1. The third-order valence-corrected chi connectivity index (χ3v) is 3.16. The van der Waals surface area contributed by atoms with Crippen molar-refractivity contribution in [1.82, 2.24) is 15.3 Å². The van der Waals surface area contributed by atoms with E-state index in [-0.39, 0.29) is 0 Å². The van der Waals surface area contributed by atoms with Crippen LogP contribution in [0.15, 0.2) is 24.4 Å². The molecule has 4 nitrogen and oxygen atoms in total. The molecule has 0 aromatic carbocycles. The molecule has 3 heterocycles. The zero-order valence-corrected chi connectivity index (χ0v) is 10.1. The maximum atomic E-state index is 6.05. The van der Waals surface area contributed by atoms with E-state index in [4.69, 9.17) is 11.6 Å². The second-order valence-electron chi connectivity index (χ2n) is 4.08. The Kier molecular flexibility index (Phi) is 2.82. The van der Waals surface area contributed by atoms with Gasteiger partial charge in [0.1, 0.15) is 11.0 Å². The second-order valence-corrected chi connectivity index (χ2v) is 4.46. The summed E-state index contributed by atoms with van der Waals surface area (Å²) >= 11 is 6.05. The smallest absolute Gasteiger partial charge is 0.139 e. The fraction of sp³-hybridized carbons (Fsp3) is 0.333. The van der Waals surface area contributed by atoms with Gasteiger partial charge in [0.25, 0.3) is 0 Å². The van der Waals surface area contributed by atoms with Crippen LogP contribution in [0.5, 0.6) is 0 Å². The van der Waals surface area contributed by atoms with Crippen molar-refractivity contribution in [2.45, 2.75) is 0 Å². The molecule has 0 aliphatic carbocycles. The Morgan fingerprint density at radius 3 is 2.94 bits per heavy atom. The molecule has 0 spiro atoms. The normalized spacial score (nSPS) is 16.4. The number of pyridine rings is 2. The van der Waals surface area contributed by atoms with Gasteiger partial charge in [-0.1, -0.05) is 11.6 Å². The van der Waals surface area contributed by atoms with Crippen LogP contribution < -0.4 is 10.2 Å². The average molecular weight is 249 g/mol. The molecular weight excluding hydrogens is 236 g/mol. The molecule has 1 saturated heterocycles. The summed E-state index contributed by atoms with van der Waals surface area (Å²) in [6.07, 6.45) is 1.78. The number of nitrogens with one attached hydrogen (secondary N) is 1. The summed E-state index contributed by atoms with van der Waals surface area (Å²) in [6, 6.07) is 5.79. The molecule has 88 valence electrons. The van der Waals surface area contributed by atoms with Crippen LogP contribution in [-0.2, 0) is 0 Å². The Hall–Kier alpha value is -1.39. The summed E-state index contributed by atoms with van der Waals surface area (Å²) in [6.45, 7) is 3.88. The van der Waals surface area contributed by atoms with E-state index in [9.17, 15) is 0 Å². The number of piperazine rings is 1. The second kappa shape index (κ2) is 4.47. The third kappa shape index (κ3) is 2.06. The lowest BCUT2D eigenvalue weighted by atomic mass is 10.2. The van der Waals surface area contributed by atoms with Gasteiger partial charge in [-0.25, -0.2) is 4.98 Å². The van der Waals surface area contributed by atoms with Gasteiger partial charge in [0.05, 0.1) is 5.52 Å². The first kappa shape index (κ1) is 10.7. The Morgan fingerprint density at radius 1 is 1.29 bits per heavy atom. The van der Waals surface area contributed by atoms with Gasteiger partial charge >= 0.3 is 0 Å². The van der Waals surface area contributed by atoms with E-state index in [2.05, 4.69) is 20.2 Å². The predicted molar refractivity (Wildman–Crippen MR) is 69.6 cm³/mol. The highest BCUT2D eigenvalue weighted by atomic mass is 35.5. The van der Waals surface area contributed by atoms with Gasteiger partial charge in [-0.3, -0.25) is 4.98 Å². The lowest BCUT2D eigenvalue weighted by molar-refractivity contribution is 0.586. The Morgan fingerprint density at radius 2 is 2.12 bits per heavy atom. The largest absolute Gasteiger partial charge is 0.353 e. The van der Waals surface area contributed by atoms with Crippen molar-refractivity contribution in [3.8, 4) is 0 Å². The number of hydrogen-bond donors (Lipinski definition) is 1. The highest BCUT2D eigenvalue weighted by molar-refractivity contribution is 6.30. The predicted octanol–water partition coefficient (Wildman–Crippen LogP) is 1.69. The minimum absolute atomic E-state index is 0.504. The molecule has 1 aliphatic rings. The zero-order chi connectivity index (χ0) is 11.7. The zero-order valence-electron chi connectivity index (χ0n) is 9.36. The molecule has 0 amide bonds. The molecule has 0 unspecified atom stereocenters. The van der Waals surface area contributed by atoms with Crippen LogP contribution in [0.25, 0.3) is 10.9 Å². The van der Waals surface area contributed by atoms with Crippen LogP contribution in [-0.4, -0.2) is 36.1 Å². The van der Waals surface area contributed by atoms with Crippen LogP contribution in [0.3, 0.4) is 0 Å². The Labute approximate surface area is 105 Å². The lowest BCUT2D eigenvalue weighted by Crippen LogP contribution is -2.44. The van der Waals surface area contributed by atoms with Crippen molar-refractivity contribution in [3.63, 3.8) is 0 Å². The van der Waals surface area contributed by atoms with Crippen molar-refractivity contribution < 1.29 is 0 Å². The van der Waals surface area contributed by atoms with Crippen molar-refractivity contribution in [3.05, 3.63) is 29.5 Å². The molecule has 1 fully saturated rings. The van der Waals surface area contributed by atoms with E-state index in [1.165, 1.54) is 0 Å². The summed E-state index contributed by atoms with van der Waals surface area (Å²) in [5.74, 6) is 0.946. The summed E-state index contributed by atoms with van der Waals surface area (Å²) in [4.78, 5) is 11.0. The number of fused-ring (bicyclic) bond motifs is 1. The number of hydrogen-bond acceptors (Lipinski definition) is 4. The first-order valence-electron chi connectivity index (χ1n) is 5.71. The van der Waals surface area contributed by atoms with Crippen LogP contribution in [0, 0.1) is 0 Å². The molecule has 5 heteroatoms. The van der Waals surface area contributed by atoms with Crippen LogP contribution in [0.4, 0.5) is 5.82 Å². The van der Waals surface area contributed by atoms with Crippen molar-refractivity contribution in [2.75, 3.05) is 31.1 Å². The molecule has 0 saturated carbocycles. The van der Waals surface area contributed by atoms with Gasteiger partial charge in [-0.15, -0.1) is 0 Å². The molecule has 1 N–H and O–H groups in total. The summed E-state index contributed by atoms with van der Waals surface area (Å²) in [7, 11) is 0. The Bertz CT molecular complexity index is 537. The van der Waals surface area contributed by atoms with Crippen molar-refractivity contribution >= 4 is 28.3 Å². The van der Waals surface area contributed by atoms with Crippen LogP contribution in [0.1, 0.15) is 0 Å². The van der Waals surface area contributed by atoms with E-state index in [0.717, 1.165) is 42.9 Å². The van der Waals surface area contributed by atoms with Gasteiger partial charge in [0, 0.05) is 43.8 Å². The van der Waals surface area contributed by atoms with Gasteiger partial charge in [0.15, 0.2) is 0 Å². The average Bonchev–Trinajstić information content (AvgIpc) is 2.39. The summed E-state index contributed by atoms with van der Waals surface area (Å²) < 4.78 is 0. The first-order valence-corrected chi connectivity index (χ1v) is 6.09. The number of rotatable bonds is 1. The molecule has 0 radical (unpaired) electrons. The van der Waals surface area contributed by atoms with E-state index < -0.39 is 0 Å². The molecule has 1 aliphatic heterocycles. The minimum atomic E-state index is 0.504. The van der Waals surface area contributed by atoms with Gasteiger partial charge in [-0.05, 0) is 12.1 Å². The number of nitrogens with zero attached hydrogens (tertiary/aromatic N) is 3. The van der Waals surface area contributed by atoms with Crippen LogP contribution in [0.2, 0.25) is 5.15 Å². The maximum absolute atomic E-state index is 6.05. The topological polar surface area (TPSA) is 41.1 Å². The third-order valence-electron chi connectivity index (χ3n) is 2.96. The lowest BCUT2D eigenvalue weighted by Gasteiger charge is -2.29. The van der Waals surface area contributed by atoms with E-state index >= 15 is 0 Å². The number of aromatic nitrogens is 2. The molecule has 2 aromatic heterocycles. The first-order chi connectivity index (χ1) is 8.34. The fourth-order valence-corrected chi connectivity index (χ4v) is 2.33. The minimum Gasteiger partial charge on any atom is -0.353 e. The fourth-order valence-electron chi connectivity index (χ4n) is 2.15. The highest BCUT2D eigenvalue weighted by Crippen LogP contribution is 2.26. The maximum Gasteiger partial charge on any atom is 0.139 e. The SMILES string of the molecule is Clc1cc2ncccc2c(N2CCNCC2)n1. The standard InChI is InChI=1S/C12H13ClN4/c13-11-8-10-9(2-1-3-15-10)12(16-11)17-6-4-14-5-7-17/h1-3,8,14H,4-7H2. The Balaban J connectivity index is 2.13. The van der Waals surface area contributed by atoms with Gasteiger partial charge in [-0.2, -0.15) is 0 Å². The van der Waals surface area contributed by atoms with E-state index in [0.29, 0.717) is 5.15 Å². The molecule has 0 atom stereocenters. The molecule has 3 rings (SSSR count). The van der Waals surface area contributed by atoms with Gasteiger partial charge < -0.3 is 10.2 Å². The van der Waals surface area contributed by atoms with Crippen molar-refractivity contribution in [2.24, 2.45) is 0 Å². The molecule has 17 heavy (non-hydrogen) atoms. The monoisotopic (exact) mass is 248 g/mol. The van der Waals surface area contributed by atoms with E-state index in [1.807, 2.05) is 18.2 Å². The van der Waals surface area contributed by atoms with Crippen LogP contribution >= 0.6 is 11.6 Å². The molecular formula is C12H13ClN4. The summed E-state index contributed by atoms with van der Waals surface area (Å²) in [5, 5.41) is 4.90. The molecule has 2 aromatic rings. The quantitative estimate of drug-likeness (QED) is 0.780. The highest BCUT2D eigenvalue weighted by Gasteiger charge is 2.15. The van der Waals surface area contributed by atoms with E-state index in [1.54, 1.807) is 6.20 Å². The summed E-state index contributed by atoms with van der Waals surface area (Å²) in [5.41, 5.74) is 0.904. The van der Waals surface area contributed by atoms with Crippen molar-refractivity contribution in [1.29, 1.82) is 0 Å². The molecule has 0 bridgehead atoms. The van der Waals surface area contributed by atoms with Gasteiger partial charge in [0.2, 0.25) is 0 Å². The number of anilines is 1.